The largest absolute Gasteiger partial charge is 0.444 e. The molecule has 1 rings (SSSR count). The average molecular weight is 271 g/mol. The van der Waals surface area contributed by atoms with Crippen molar-refractivity contribution in [2.45, 2.75) is 58.6 Å². The number of ether oxygens (including phenoxy) is 2. The molecule has 19 heavy (non-hydrogen) atoms. The van der Waals surface area contributed by atoms with Crippen LogP contribution < -0.4 is 5.32 Å². The molecule has 0 aromatic heterocycles. The number of carbonyl (C=O) groups excluding carboxylic acids is 2. The standard InChI is InChI=1S/C14H25NO4/c1-12(2,3)19-11(17)15-14(5,10-16)13(4)6-8-18-9-7-13/h10H,6-9H2,1-5H3,(H,15,17). The van der Waals surface area contributed by atoms with Crippen molar-refractivity contribution in [1.82, 2.24) is 5.32 Å². The Morgan fingerprint density at radius 3 is 2.21 bits per heavy atom. The molecule has 0 aromatic rings. The summed E-state index contributed by atoms with van der Waals surface area (Å²) in [7, 11) is 0. The molecule has 5 heteroatoms. The predicted molar refractivity (Wildman–Crippen MR) is 72.0 cm³/mol. The molecule has 0 aromatic carbocycles. The summed E-state index contributed by atoms with van der Waals surface area (Å²) in [6, 6.07) is 0. The molecule has 0 spiro atoms. The van der Waals surface area contributed by atoms with E-state index >= 15 is 0 Å². The SMILES string of the molecule is CC(C)(C)OC(=O)NC(C)(C=O)C1(C)CCOCC1. The molecule has 1 fully saturated rings. The van der Waals surface area contributed by atoms with Gasteiger partial charge in [0.05, 0.1) is 0 Å². The maximum absolute atomic E-state index is 11.9. The van der Waals surface area contributed by atoms with Gasteiger partial charge in [-0.3, -0.25) is 0 Å². The van der Waals surface area contributed by atoms with Crippen LogP contribution in [0.1, 0.15) is 47.5 Å². The molecule has 0 radical (unpaired) electrons. The van der Waals surface area contributed by atoms with Crippen molar-refractivity contribution in [3.8, 4) is 0 Å². The lowest BCUT2D eigenvalue weighted by Gasteiger charge is -2.45. The van der Waals surface area contributed by atoms with Crippen LogP contribution in [0.15, 0.2) is 0 Å². The van der Waals surface area contributed by atoms with E-state index in [1.165, 1.54) is 0 Å². The van der Waals surface area contributed by atoms with Crippen LogP contribution in [0.5, 0.6) is 0 Å². The summed E-state index contributed by atoms with van der Waals surface area (Å²) < 4.78 is 10.6. The Morgan fingerprint density at radius 2 is 1.79 bits per heavy atom. The van der Waals surface area contributed by atoms with Gasteiger partial charge in [-0.05, 0) is 40.5 Å². The lowest BCUT2D eigenvalue weighted by Crippen LogP contribution is -2.60. The van der Waals surface area contributed by atoms with Gasteiger partial charge in [-0.25, -0.2) is 4.79 Å². The molecule has 0 bridgehead atoms. The highest BCUT2D eigenvalue weighted by atomic mass is 16.6. The third kappa shape index (κ3) is 3.93. The van der Waals surface area contributed by atoms with Crippen molar-refractivity contribution in [2.24, 2.45) is 5.41 Å². The van der Waals surface area contributed by atoms with Gasteiger partial charge in [-0.1, -0.05) is 6.92 Å². The van der Waals surface area contributed by atoms with Crippen LogP contribution in [0.2, 0.25) is 0 Å². The summed E-state index contributed by atoms with van der Waals surface area (Å²) in [6.45, 7) is 10.3. The van der Waals surface area contributed by atoms with Crippen molar-refractivity contribution in [3.05, 3.63) is 0 Å². The third-order valence-electron chi connectivity index (χ3n) is 3.85. The Labute approximate surface area is 115 Å². The van der Waals surface area contributed by atoms with Crippen LogP contribution in [0.4, 0.5) is 4.79 Å². The highest BCUT2D eigenvalue weighted by Gasteiger charge is 2.47. The zero-order valence-electron chi connectivity index (χ0n) is 12.5. The van der Waals surface area contributed by atoms with Gasteiger partial charge in [0.1, 0.15) is 17.4 Å². The minimum atomic E-state index is -0.945. The summed E-state index contributed by atoms with van der Waals surface area (Å²) in [6.07, 6.45) is 1.72. The highest BCUT2D eigenvalue weighted by molar-refractivity contribution is 5.77. The first-order valence-corrected chi connectivity index (χ1v) is 6.67. The molecule has 5 nitrogen and oxygen atoms in total. The van der Waals surface area contributed by atoms with Gasteiger partial charge in [0.15, 0.2) is 0 Å². The maximum atomic E-state index is 11.9. The molecule has 1 heterocycles. The average Bonchev–Trinajstić information content (AvgIpc) is 2.27. The smallest absolute Gasteiger partial charge is 0.408 e. The van der Waals surface area contributed by atoms with E-state index in [0.29, 0.717) is 13.2 Å². The van der Waals surface area contributed by atoms with Crippen LogP contribution in [-0.2, 0) is 14.3 Å². The third-order valence-corrected chi connectivity index (χ3v) is 3.85. The molecule has 1 aliphatic rings. The van der Waals surface area contributed by atoms with E-state index in [9.17, 15) is 9.59 Å². The van der Waals surface area contributed by atoms with Gasteiger partial charge in [0, 0.05) is 18.6 Å². The Hall–Kier alpha value is -1.10. The van der Waals surface area contributed by atoms with Gasteiger partial charge in [-0.2, -0.15) is 0 Å². The summed E-state index contributed by atoms with van der Waals surface area (Å²) >= 11 is 0. The van der Waals surface area contributed by atoms with E-state index in [2.05, 4.69) is 5.32 Å². The molecule has 1 N–H and O–H groups in total. The van der Waals surface area contributed by atoms with Crippen LogP contribution >= 0.6 is 0 Å². The zero-order valence-corrected chi connectivity index (χ0v) is 12.5. The molecule has 1 unspecified atom stereocenters. The Kier molecular flexibility index (Phi) is 4.61. The number of nitrogens with one attached hydrogen (secondary N) is 1. The van der Waals surface area contributed by atoms with E-state index < -0.39 is 17.2 Å². The first kappa shape index (κ1) is 16.0. The van der Waals surface area contributed by atoms with Gasteiger partial charge in [0.25, 0.3) is 0 Å². The quantitative estimate of drug-likeness (QED) is 0.800. The molecule has 1 amide bonds. The molecule has 0 saturated carbocycles. The van der Waals surface area contributed by atoms with Crippen LogP contribution in [0, 0.1) is 5.41 Å². The molecular formula is C14H25NO4. The minimum Gasteiger partial charge on any atom is -0.444 e. The topological polar surface area (TPSA) is 64.6 Å². The van der Waals surface area contributed by atoms with Gasteiger partial charge >= 0.3 is 6.09 Å². The van der Waals surface area contributed by atoms with Crippen molar-refractivity contribution in [3.63, 3.8) is 0 Å². The van der Waals surface area contributed by atoms with E-state index in [-0.39, 0.29) is 5.41 Å². The second-order valence-electron chi connectivity index (χ2n) is 6.62. The van der Waals surface area contributed by atoms with E-state index in [0.717, 1.165) is 19.1 Å². The second-order valence-corrected chi connectivity index (χ2v) is 6.62. The van der Waals surface area contributed by atoms with Crippen molar-refractivity contribution >= 4 is 12.4 Å². The van der Waals surface area contributed by atoms with Crippen LogP contribution in [0.25, 0.3) is 0 Å². The van der Waals surface area contributed by atoms with Crippen molar-refractivity contribution < 1.29 is 19.1 Å². The van der Waals surface area contributed by atoms with E-state index in [4.69, 9.17) is 9.47 Å². The number of alkyl carbamates (subject to hydrolysis) is 1. The molecule has 1 aliphatic heterocycles. The van der Waals surface area contributed by atoms with Gasteiger partial charge < -0.3 is 19.6 Å². The van der Waals surface area contributed by atoms with Gasteiger partial charge in [-0.15, -0.1) is 0 Å². The monoisotopic (exact) mass is 271 g/mol. The first-order valence-electron chi connectivity index (χ1n) is 6.67. The number of hydrogen-bond donors (Lipinski definition) is 1. The highest BCUT2D eigenvalue weighted by Crippen LogP contribution is 2.39. The minimum absolute atomic E-state index is 0.316. The summed E-state index contributed by atoms with van der Waals surface area (Å²) in [5.74, 6) is 0. The zero-order chi connectivity index (χ0) is 14.7. The first-order chi connectivity index (χ1) is 8.62. The molecule has 0 aliphatic carbocycles. The summed E-state index contributed by atoms with van der Waals surface area (Å²) in [5.41, 5.74) is -1.84. The van der Waals surface area contributed by atoms with E-state index in [1.807, 2.05) is 6.92 Å². The van der Waals surface area contributed by atoms with Crippen molar-refractivity contribution in [1.29, 1.82) is 0 Å². The fourth-order valence-electron chi connectivity index (χ4n) is 2.18. The Morgan fingerprint density at radius 1 is 1.26 bits per heavy atom. The maximum Gasteiger partial charge on any atom is 0.408 e. The van der Waals surface area contributed by atoms with Gasteiger partial charge in [0.2, 0.25) is 0 Å². The lowest BCUT2D eigenvalue weighted by molar-refractivity contribution is -0.121. The normalized spacial score (nSPS) is 22.2. The fraction of sp³-hybridized carbons (Fsp3) is 0.857. The number of amides is 1. The summed E-state index contributed by atoms with van der Waals surface area (Å²) in [5, 5.41) is 2.73. The number of hydrogen-bond acceptors (Lipinski definition) is 4. The predicted octanol–water partition coefficient (Wildman–Crippen LogP) is 2.29. The molecule has 110 valence electrons. The van der Waals surface area contributed by atoms with E-state index in [1.54, 1.807) is 27.7 Å². The Bertz CT molecular complexity index is 342. The summed E-state index contributed by atoms with van der Waals surface area (Å²) in [4.78, 5) is 23.4. The van der Waals surface area contributed by atoms with Crippen LogP contribution in [0.3, 0.4) is 0 Å². The number of aldehydes is 1. The second kappa shape index (κ2) is 5.49. The van der Waals surface area contributed by atoms with Crippen LogP contribution in [-0.4, -0.2) is 36.7 Å². The number of carbonyl (C=O) groups is 2. The molecular weight excluding hydrogens is 246 g/mol. The molecule has 1 atom stereocenters. The molecule has 1 saturated heterocycles. The van der Waals surface area contributed by atoms with Crippen molar-refractivity contribution in [2.75, 3.05) is 13.2 Å². The Balaban J connectivity index is 2.80. The fourth-order valence-corrected chi connectivity index (χ4v) is 2.18. The lowest BCUT2D eigenvalue weighted by atomic mass is 9.67. The number of rotatable bonds is 3.